The third-order valence-electron chi connectivity index (χ3n) is 7.44. The average Bonchev–Trinajstić information content (AvgIpc) is 2.89. The van der Waals surface area contributed by atoms with Crippen molar-refractivity contribution in [3.05, 3.63) is 53.0 Å². The van der Waals surface area contributed by atoms with Crippen molar-refractivity contribution in [2.75, 3.05) is 45.1 Å². The molecule has 1 atom stereocenters. The summed E-state index contributed by atoms with van der Waals surface area (Å²) in [6.45, 7) is 5.29. The number of benzene rings is 1. The molecule has 7 nitrogen and oxygen atoms in total. The van der Waals surface area contributed by atoms with Gasteiger partial charge in [-0.15, -0.1) is 0 Å². The average molecular weight is 449 g/mol. The van der Waals surface area contributed by atoms with Crippen LogP contribution in [0.1, 0.15) is 66.7 Å². The van der Waals surface area contributed by atoms with E-state index in [1.54, 1.807) is 0 Å². The van der Waals surface area contributed by atoms with Crippen LogP contribution in [0.15, 0.2) is 30.3 Å². The summed E-state index contributed by atoms with van der Waals surface area (Å²) >= 11 is 0. The summed E-state index contributed by atoms with van der Waals surface area (Å²) in [6, 6.07) is 10.1. The Bertz CT molecular complexity index is 953. The van der Waals surface area contributed by atoms with Gasteiger partial charge in [0.25, 0.3) is 0 Å². The van der Waals surface area contributed by atoms with Gasteiger partial charge in [0.1, 0.15) is 17.7 Å². The summed E-state index contributed by atoms with van der Waals surface area (Å²) in [4.78, 5) is 28.3. The van der Waals surface area contributed by atoms with Crippen molar-refractivity contribution in [3.8, 4) is 0 Å². The zero-order valence-corrected chi connectivity index (χ0v) is 19.7. The molecule has 2 aromatic rings. The molecule has 0 spiro atoms. The van der Waals surface area contributed by atoms with E-state index in [-0.39, 0.29) is 11.9 Å². The van der Waals surface area contributed by atoms with Gasteiger partial charge in [0.05, 0.1) is 12.2 Å². The lowest BCUT2D eigenvalue weighted by Crippen LogP contribution is -2.46. The summed E-state index contributed by atoms with van der Waals surface area (Å²) in [6.07, 6.45) is 6.51. The van der Waals surface area contributed by atoms with Crippen LogP contribution < -0.4 is 10.6 Å². The summed E-state index contributed by atoms with van der Waals surface area (Å²) in [5.41, 5.74) is 3.30. The Morgan fingerprint density at radius 1 is 1.06 bits per heavy atom. The summed E-state index contributed by atoms with van der Waals surface area (Å²) in [7, 11) is 1.94. The lowest BCUT2D eigenvalue weighted by Gasteiger charge is -2.38. The second-order valence-corrected chi connectivity index (χ2v) is 9.55. The highest BCUT2D eigenvalue weighted by Gasteiger charge is 2.35. The highest BCUT2D eigenvalue weighted by Crippen LogP contribution is 2.32. The molecule has 1 aromatic heterocycles. The number of rotatable bonds is 5. The zero-order chi connectivity index (χ0) is 22.6. The number of nitrogens with zero attached hydrogens (tertiary/aromatic N) is 4. The Kier molecular flexibility index (Phi) is 6.88. The fraction of sp³-hybridized carbons (Fsp3) is 0.577. The highest BCUT2D eigenvalue weighted by molar-refractivity contribution is 5.83. The van der Waals surface area contributed by atoms with E-state index in [2.05, 4.69) is 27.7 Å². The minimum Gasteiger partial charge on any atom is -0.373 e. The maximum Gasteiger partial charge on any atom is 0.244 e. The van der Waals surface area contributed by atoms with Crippen LogP contribution in [-0.4, -0.2) is 65.4 Å². The van der Waals surface area contributed by atoms with Crippen molar-refractivity contribution in [2.24, 2.45) is 0 Å². The largest absolute Gasteiger partial charge is 0.373 e. The van der Waals surface area contributed by atoms with Gasteiger partial charge in [-0.3, -0.25) is 9.69 Å². The van der Waals surface area contributed by atoms with Crippen molar-refractivity contribution < 1.29 is 4.79 Å². The van der Waals surface area contributed by atoms with Crippen molar-refractivity contribution in [1.82, 2.24) is 25.1 Å². The fourth-order valence-corrected chi connectivity index (χ4v) is 5.60. The predicted octanol–water partition coefficient (Wildman–Crippen LogP) is 3.10. The topological polar surface area (TPSA) is 73.4 Å². The third kappa shape index (κ3) is 4.75. The van der Waals surface area contributed by atoms with E-state index in [0.29, 0.717) is 19.0 Å². The molecular formula is C26H36N6O. The molecule has 2 fully saturated rings. The molecule has 1 unspecified atom stereocenters. The van der Waals surface area contributed by atoms with E-state index in [0.717, 1.165) is 81.2 Å². The van der Waals surface area contributed by atoms with Crippen LogP contribution in [0.2, 0.25) is 0 Å². The van der Waals surface area contributed by atoms with E-state index in [1.165, 1.54) is 12.0 Å². The molecule has 4 heterocycles. The Labute approximate surface area is 197 Å². The normalized spacial score (nSPS) is 20.8. The summed E-state index contributed by atoms with van der Waals surface area (Å²) in [5, 5.41) is 6.73. The van der Waals surface area contributed by atoms with Gasteiger partial charge in [-0.05, 0) is 63.8 Å². The molecule has 2 N–H and O–H groups in total. The Morgan fingerprint density at radius 3 is 2.55 bits per heavy atom. The molecule has 176 valence electrons. The first kappa shape index (κ1) is 22.3. The number of anilines is 1. The number of piperidine rings is 2. The van der Waals surface area contributed by atoms with Crippen LogP contribution in [0, 0.1) is 0 Å². The maximum atomic E-state index is 14.0. The van der Waals surface area contributed by atoms with Gasteiger partial charge in [-0.25, -0.2) is 9.97 Å². The number of carbonyl (C=O) groups is 1. The zero-order valence-electron chi connectivity index (χ0n) is 19.7. The van der Waals surface area contributed by atoms with E-state index >= 15 is 0 Å². The first-order valence-corrected chi connectivity index (χ1v) is 12.6. The number of hydrogen-bond donors (Lipinski definition) is 2. The minimum atomic E-state index is -0.206. The molecule has 7 heteroatoms. The smallest absolute Gasteiger partial charge is 0.244 e. The molecule has 33 heavy (non-hydrogen) atoms. The first-order valence-electron chi connectivity index (χ1n) is 12.6. The number of amides is 1. The lowest BCUT2D eigenvalue weighted by molar-refractivity contribution is -0.138. The Balaban J connectivity index is 1.42. The van der Waals surface area contributed by atoms with Gasteiger partial charge in [-0.1, -0.05) is 36.8 Å². The molecule has 0 aliphatic carbocycles. The van der Waals surface area contributed by atoms with Crippen molar-refractivity contribution in [3.63, 3.8) is 0 Å². The van der Waals surface area contributed by atoms with E-state index in [4.69, 9.17) is 9.97 Å². The molecule has 1 aromatic carbocycles. The number of fused-ring (bicyclic) bond motifs is 1. The predicted molar refractivity (Wildman–Crippen MR) is 130 cm³/mol. The van der Waals surface area contributed by atoms with Crippen LogP contribution in [0.3, 0.4) is 0 Å². The van der Waals surface area contributed by atoms with Crippen molar-refractivity contribution >= 4 is 11.7 Å². The molecule has 0 radical (unpaired) electrons. The monoisotopic (exact) mass is 448 g/mol. The molecule has 2 saturated heterocycles. The number of nitrogens with one attached hydrogen (secondary N) is 2. The molecule has 3 aliphatic rings. The number of carbonyl (C=O) groups excluding carboxylic acids is 1. The SMILES string of the molecule is CNc1nc(C2CCNCC2)nc2c1CCN(C(=O)C(c1ccccc1)N1CCCCC1)C2. The maximum absolute atomic E-state index is 14.0. The van der Waals surface area contributed by atoms with Crippen LogP contribution in [0.25, 0.3) is 0 Å². The Hall–Kier alpha value is -2.51. The minimum absolute atomic E-state index is 0.206. The van der Waals surface area contributed by atoms with Crippen molar-refractivity contribution in [1.29, 1.82) is 0 Å². The van der Waals surface area contributed by atoms with Crippen LogP contribution >= 0.6 is 0 Å². The van der Waals surface area contributed by atoms with Gasteiger partial charge >= 0.3 is 0 Å². The second kappa shape index (κ2) is 10.2. The van der Waals surface area contributed by atoms with Crippen molar-refractivity contribution in [2.45, 2.75) is 57.0 Å². The van der Waals surface area contributed by atoms with E-state index in [9.17, 15) is 4.79 Å². The molecule has 5 rings (SSSR count). The van der Waals surface area contributed by atoms with Gasteiger partial charge in [0.15, 0.2) is 0 Å². The quantitative estimate of drug-likeness (QED) is 0.732. The van der Waals surface area contributed by atoms with Crippen LogP contribution in [0.5, 0.6) is 0 Å². The van der Waals surface area contributed by atoms with Crippen LogP contribution in [0.4, 0.5) is 5.82 Å². The second-order valence-electron chi connectivity index (χ2n) is 9.55. The number of likely N-dealkylation sites (tertiary alicyclic amines) is 1. The summed E-state index contributed by atoms with van der Waals surface area (Å²) in [5.74, 6) is 2.47. The fourth-order valence-electron chi connectivity index (χ4n) is 5.60. The van der Waals surface area contributed by atoms with E-state index < -0.39 is 0 Å². The third-order valence-corrected chi connectivity index (χ3v) is 7.44. The van der Waals surface area contributed by atoms with Crippen LogP contribution in [-0.2, 0) is 17.8 Å². The van der Waals surface area contributed by atoms with Gasteiger partial charge in [0.2, 0.25) is 5.91 Å². The van der Waals surface area contributed by atoms with Gasteiger partial charge < -0.3 is 15.5 Å². The molecule has 0 bridgehead atoms. The van der Waals surface area contributed by atoms with E-state index in [1.807, 2.05) is 30.1 Å². The Morgan fingerprint density at radius 2 is 1.82 bits per heavy atom. The van der Waals surface area contributed by atoms with Gasteiger partial charge in [0, 0.05) is 25.1 Å². The first-order chi connectivity index (χ1) is 16.2. The molecule has 0 saturated carbocycles. The van der Waals surface area contributed by atoms with Gasteiger partial charge in [-0.2, -0.15) is 0 Å². The highest BCUT2D eigenvalue weighted by atomic mass is 16.2. The number of hydrogen-bond acceptors (Lipinski definition) is 6. The standard InChI is InChI=1S/C26H36N6O/c1-27-25-21-12-17-32(18-22(21)29-24(30-25)20-10-13-28-14-11-20)26(33)23(19-8-4-2-5-9-19)31-15-6-3-7-16-31/h2,4-5,8-9,20,23,28H,3,6-7,10-18H2,1H3,(H,27,29,30). The molecular weight excluding hydrogens is 412 g/mol. The molecule has 3 aliphatic heterocycles. The molecule has 1 amide bonds. The number of aromatic nitrogens is 2. The lowest BCUT2D eigenvalue weighted by atomic mass is 9.95. The summed E-state index contributed by atoms with van der Waals surface area (Å²) < 4.78 is 0.